The number of aromatic nitrogens is 1. The van der Waals surface area contributed by atoms with Gasteiger partial charge in [-0.15, -0.1) is 0 Å². The Hall–Kier alpha value is -1.68. The molecular formula is C14H16ClNO3. The Morgan fingerprint density at radius 3 is 2.42 bits per heavy atom. The van der Waals surface area contributed by atoms with Gasteiger partial charge < -0.3 is 14.5 Å². The molecule has 1 heterocycles. The molecule has 0 atom stereocenters. The van der Waals surface area contributed by atoms with Gasteiger partial charge in [-0.1, -0.05) is 18.5 Å². The fourth-order valence-electron chi connectivity index (χ4n) is 2.27. The van der Waals surface area contributed by atoms with Crippen molar-refractivity contribution in [3.63, 3.8) is 0 Å². The fourth-order valence-corrected chi connectivity index (χ4v) is 2.58. The molecule has 4 nitrogen and oxygen atoms in total. The zero-order valence-corrected chi connectivity index (χ0v) is 12.1. The molecule has 0 aliphatic carbocycles. The Morgan fingerprint density at radius 2 is 1.89 bits per heavy atom. The molecule has 0 aliphatic heterocycles. The number of benzene rings is 1. The number of pyridine rings is 1. The molecule has 0 spiro atoms. The summed E-state index contributed by atoms with van der Waals surface area (Å²) < 4.78 is 10.5. The van der Waals surface area contributed by atoms with Crippen molar-refractivity contribution < 1.29 is 9.47 Å². The Labute approximate surface area is 116 Å². The summed E-state index contributed by atoms with van der Waals surface area (Å²) in [6.45, 7) is 3.81. The van der Waals surface area contributed by atoms with Crippen molar-refractivity contribution in [1.29, 1.82) is 0 Å². The highest BCUT2D eigenvalue weighted by molar-refractivity contribution is 6.37. The van der Waals surface area contributed by atoms with Gasteiger partial charge >= 0.3 is 0 Å². The number of nitrogens with one attached hydrogen (secondary N) is 1. The van der Waals surface area contributed by atoms with Gasteiger partial charge in [-0.2, -0.15) is 0 Å². The number of halogens is 1. The maximum Gasteiger partial charge on any atom is 0.194 e. The van der Waals surface area contributed by atoms with Crippen molar-refractivity contribution in [2.75, 3.05) is 14.2 Å². The highest BCUT2D eigenvalue weighted by Crippen LogP contribution is 2.37. The summed E-state index contributed by atoms with van der Waals surface area (Å²) in [5, 5.41) is 0.731. The SMILES string of the molecule is CCc1c(C)[nH]c2c(OC)cc(OC)c(Cl)c2c1=O. The summed E-state index contributed by atoms with van der Waals surface area (Å²) in [5.74, 6) is 0.974. The number of ether oxygens (including phenoxy) is 2. The van der Waals surface area contributed by atoms with Crippen LogP contribution in [0.5, 0.6) is 11.5 Å². The van der Waals surface area contributed by atoms with Crippen LogP contribution in [-0.2, 0) is 6.42 Å². The fraction of sp³-hybridized carbons (Fsp3) is 0.357. The van der Waals surface area contributed by atoms with Crippen molar-refractivity contribution in [1.82, 2.24) is 4.98 Å². The number of hydrogen-bond donors (Lipinski definition) is 1. The Morgan fingerprint density at radius 1 is 1.26 bits per heavy atom. The molecule has 0 bridgehead atoms. The third kappa shape index (κ3) is 2.06. The molecule has 19 heavy (non-hydrogen) atoms. The molecule has 102 valence electrons. The first-order valence-electron chi connectivity index (χ1n) is 6.01. The van der Waals surface area contributed by atoms with Gasteiger partial charge in [-0.25, -0.2) is 0 Å². The van der Waals surface area contributed by atoms with E-state index in [4.69, 9.17) is 21.1 Å². The lowest BCUT2D eigenvalue weighted by Crippen LogP contribution is -2.13. The van der Waals surface area contributed by atoms with E-state index in [2.05, 4.69) is 4.98 Å². The average molecular weight is 282 g/mol. The molecule has 2 rings (SSSR count). The van der Waals surface area contributed by atoms with Crippen LogP contribution in [-0.4, -0.2) is 19.2 Å². The van der Waals surface area contributed by atoms with E-state index < -0.39 is 0 Å². The Kier molecular flexibility index (Phi) is 3.71. The van der Waals surface area contributed by atoms with Crippen LogP contribution in [0.2, 0.25) is 5.02 Å². The second kappa shape index (κ2) is 5.13. The molecule has 5 heteroatoms. The van der Waals surface area contributed by atoms with Crippen LogP contribution in [0, 0.1) is 6.92 Å². The molecule has 0 saturated heterocycles. The number of aromatic amines is 1. The number of H-pyrrole nitrogens is 1. The predicted octanol–water partition coefficient (Wildman–Crippen LogP) is 3.07. The molecule has 1 aromatic heterocycles. The first-order valence-corrected chi connectivity index (χ1v) is 6.38. The number of rotatable bonds is 3. The summed E-state index contributed by atoms with van der Waals surface area (Å²) in [6, 6.07) is 1.67. The van der Waals surface area contributed by atoms with E-state index in [1.54, 1.807) is 13.2 Å². The molecule has 0 radical (unpaired) electrons. The van der Waals surface area contributed by atoms with Crippen LogP contribution >= 0.6 is 11.6 Å². The summed E-state index contributed by atoms with van der Waals surface area (Å²) in [7, 11) is 3.05. The van der Waals surface area contributed by atoms with Gasteiger partial charge in [-0.05, 0) is 13.3 Å². The monoisotopic (exact) mass is 281 g/mol. The zero-order valence-electron chi connectivity index (χ0n) is 11.4. The van der Waals surface area contributed by atoms with Gasteiger partial charge in [0.15, 0.2) is 5.43 Å². The molecule has 0 fully saturated rings. The van der Waals surface area contributed by atoms with E-state index in [9.17, 15) is 4.79 Å². The van der Waals surface area contributed by atoms with Crippen LogP contribution in [0.4, 0.5) is 0 Å². The largest absolute Gasteiger partial charge is 0.495 e. The number of fused-ring (bicyclic) bond motifs is 1. The quantitative estimate of drug-likeness (QED) is 0.941. The molecule has 0 unspecified atom stereocenters. The van der Waals surface area contributed by atoms with Crippen LogP contribution in [0.15, 0.2) is 10.9 Å². The Balaban J connectivity index is 3.03. The van der Waals surface area contributed by atoms with Gasteiger partial charge in [0, 0.05) is 17.3 Å². The summed E-state index contributed by atoms with van der Waals surface area (Å²) in [6.07, 6.45) is 0.646. The highest BCUT2D eigenvalue weighted by Gasteiger charge is 2.18. The standard InChI is InChI=1S/C14H16ClNO3/c1-5-8-7(2)16-13-10(19-4)6-9(18-3)12(15)11(13)14(8)17/h6H,5H2,1-4H3,(H,16,17). The first kappa shape index (κ1) is 13.7. The predicted molar refractivity (Wildman–Crippen MR) is 76.8 cm³/mol. The van der Waals surface area contributed by atoms with Crippen LogP contribution in [0.1, 0.15) is 18.2 Å². The molecule has 0 saturated carbocycles. The van der Waals surface area contributed by atoms with Crippen molar-refractivity contribution in [3.8, 4) is 11.5 Å². The van der Waals surface area contributed by atoms with E-state index in [0.29, 0.717) is 33.8 Å². The van der Waals surface area contributed by atoms with E-state index in [-0.39, 0.29) is 5.43 Å². The maximum absolute atomic E-state index is 12.5. The first-order chi connectivity index (χ1) is 9.04. The molecule has 0 aliphatic rings. The molecule has 0 amide bonds. The second-order valence-corrected chi connectivity index (χ2v) is 4.63. The van der Waals surface area contributed by atoms with Gasteiger partial charge in [0.05, 0.1) is 30.1 Å². The topological polar surface area (TPSA) is 51.3 Å². The smallest absolute Gasteiger partial charge is 0.194 e. The molecular weight excluding hydrogens is 266 g/mol. The van der Waals surface area contributed by atoms with Crippen LogP contribution in [0.25, 0.3) is 10.9 Å². The Bertz CT molecular complexity index is 691. The number of aryl methyl sites for hydroxylation is 1. The van der Waals surface area contributed by atoms with Gasteiger partial charge in [0.1, 0.15) is 11.5 Å². The van der Waals surface area contributed by atoms with Gasteiger partial charge in [0.25, 0.3) is 0 Å². The van der Waals surface area contributed by atoms with Crippen LogP contribution in [0.3, 0.4) is 0 Å². The van der Waals surface area contributed by atoms with E-state index >= 15 is 0 Å². The molecule has 1 aromatic carbocycles. The number of hydrogen-bond acceptors (Lipinski definition) is 3. The number of methoxy groups -OCH3 is 2. The summed E-state index contributed by atoms with van der Waals surface area (Å²) >= 11 is 6.26. The third-order valence-corrected chi connectivity index (χ3v) is 3.63. The van der Waals surface area contributed by atoms with Crippen molar-refractivity contribution >= 4 is 22.5 Å². The van der Waals surface area contributed by atoms with Crippen molar-refractivity contribution in [2.45, 2.75) is 20.3 Å². The molecule has 2 aromatic rings. The summed E-state index contributed by atoms with van der Waals surface area (Å²) in [5.41, 5.74) is 2.09. The third-order valence-electron chi connectivity index (χ3n) is 3.25. The van der Waals surface area contributed by atoms with E-state index in [0.717, 1.165) is 11.3 Å². The van der Waals surface area contributed by atoms with Crippen molar-refractivity contribution in [2.24, 2.45) is 0 Å². The lowest BCUT2D eigenvalue weighted by Gasteiger charge is -2.13. The van der Waals surface area contributed by atoms with Gasteiger partial charge in [0.2, 0.25) is 0 Å². The minimum Gasteiger partial charge on any atom is -0.495 e. The highest BCUT2D eigenvalue weighted by atomic mass is 35.5. The minimum absolute atomic E-state index is 0.0732. The maximum atomic E-state index is 12.5. The van der Waals surface area contributed by atoms with E-state index in [1.165, 1.54) is 7.11 Å². The normalized spacial score (nSPS) is 10.8. The summed E-state index contributed by atoms with van der Waals surface area (Å²) in [4.78, 5) is 15.7. The minimum atomic E-state index is -0.0732. The average Bonchev–Trinajstić information content (AvgIpc) is 2.39. The van der Waals surface area contributed by atoms with E-state index in [1.807, 2.05) is 13.8 Å². The lowest BCUT2D eigenvalue weighted by atomic mass is 10.1. The van der Waals surface area contributed by atoms with Crippen molar-refractivity contribution in [3.05, 3.63) is 32.6 Å². The van der Waals surface area contributed by atoms with Crippen LogP contribution < -0.4 is 14.9 Å². The second-order valence-electron chi connectivity index (χ2n) is 4.26. The zero-order chi connectivity index (χ0) is 14.2. The molecule has 1 N–H and O–H groups in total. The van der Waals surface area contributed by atoms with Gasteiger partial charge in [-0.3, -0.25) is 4.79 Å². The lowest BCUT2D eigenvalue weighted by molar-refractivity contribution is 0.397.